The molecule has 1 aliphatic rings. The molecule has 1 aliphatic carbocycles. The number of rotatable bonds is 6. The van der Waals surface area contributed by atoms with Crippen LogP contribution in [0.2, 0.25) is 0 Å². The van der Waals surface area contributed by atoms with Gasteiger partial charge in [0.1, 0.15) is 17.4 Å². The molecule has 4 aromatic rings. The highest BCUT2D eigenvalue weighted by Gasteiger charge is 2.22. The van der Waals surface area contributed by atoms with Gasteiger partial charge < -0.3 is 26.8 Å². The summed E-state index contributed by atoms with van der Waals surface area (Å²) in [6.07, 6.45) is 5.94. The fourth-order valence-corrected chi connectivity index (χ4v) is 4.05. The third-order valence-corrected chi connectivity index (χ3v) is 5.74. The van der Waals surface area contributed by atoms with Crippen LogP contribution in [0.15, 0.2) is 48.7 Å². The minimum absolute atomic E-state index is 0.0713. The lowest BCUT2D eigenvalue weighted by Crippen LogP contribution is -2.42. The molecule has 0 radical (unpaired) electrons. The fourth-order valence-electron chi connectivity index (χ4n) is 4.05. The van der Waals surface area contributed by atoms with Crippen molar-refractivity contribution in [1.82, 2.24) is 20.2 Å². The number of H-pyrrole nitrogens is 1. The number of nitrogens with one attached hydrogen (secondary N) is 3. The van der Waals surface area contributed by atoms with Gasteiger partial charge >= 0.3 is 0 Å². The van der Waals surface area contributed by atoms with Crippen molar-refractivity contribution in [3.63, 3.8) is 0 Å². The van der Waals surface area contributed by atoms with Gasteiger partial charge in [0.15, 0.2) is 11.6 Å². The van der Waals surface area contributed by atoms with Crippen molar-refractivity contribution < 1.29 is 9.13 Å². The zero-order valence-electron chi connectivity index (χ0n) is 17.9. The van der Waals surface area contributed by atoms with Crippen LogP contribution < -0.4 is 26.8 Å². The zero-order valence-corrected chi connectivity index (χ0v) is 17.9. The second-order valence-electron chi connectivity index (χ2n) is 8.19. The number of halogens is 1. The van der Waals surface area contributed by atoms with E-state index in [0.29, 0.717) is 23.1 Å². The number of aromatic nitrogens is 4. The van der Waals surface area contributed by atoms with Crippen LogP contribution in [0.25, 0.3) is 10.9 Å². The molecular weight excluding hydrogens is 423 g/mol. The number of benzene rings is 2. The number of hydrogen-bond donors (Lipinski definition) is 5. The molecule has 0 saturated heterocycles. The molecule has 2 aromatic carbocycles. The van der Waals surface area contributed by atoms with Gasteiger partial charge in [-0.2, -0.15) is 15.1 Å². The summed E-state index contributed by atoms with van der Waals surface area (Å²) >= 11 is 0. The average Bonchev–Trinajstić information content (AvgIpc) is 3.25. The van der Waals surface area contributed by atoms with Crippen molar-refractivity contribution in [3.8, 4) is 11.5 Å². The molecule has 2 atom stereocenters. The Hall–Kier alpha value is -3.92. The first-order chi connectivity index (χ1) is 16.0. The third-order valence-electron chi connectivity index (χ3n) is 5.74. The summed E-state index contributed by atoms with van der Waals surface area (Å²) in [5.74, 6) is 1.25. The lowest BCUT2D eigenvalue weighted by atomic mass is 9.91. The third kappa shape index (κ3) is 4.80. The summed E-state index contributed by atoms with van der Waals surface area (Å²) < 4.78 is 20.4. The number of hydrogen-bond acceptors (Lipinski definition) is 8. The fraction of sp³-hybridized carbons (Fsp3) is 0.261. The summed E-state index contributed by atoms with van der Waals surface area (Å²) in [7, 11) is 0. The lowest BCUT2D eigenvalue weighted by Gasteiger charge is -2.29. The first-order valence-electron chi connectivity index (χ1n) is 10.9. The quantitative estimate of drug-likeness (QED) is 0.294. The maximum atomic E-state index is 14.7. The number of nitrogen functional groups attached to an aromatic ring is 1. The maximum absolute atomic E-state index is 14.7. The van der Waals surface area contributed by atoms with Crippen LogP contribution in [0, 0.1) is 5.82 Å². The number of anilines is 4. The van der Waals surface area contributed by atoms with Crippen molar-refractivity contribution in [2.75, 3.05) is 16.4 Å². The summed E-state index contributed by atoms with van der Waals surface area (Å²) in [6, 6.07) is 11.9. The van der Waals surface area contributed by atoms with Crippen LogP contribution in [0.1, 0.15) is 25.7 Å². The maximum Gasteiger partial charge on any atom is 0.223 e. The molecule has 2 heterocycles. The van der Waals surface area contributed by atoms with Crippen LogP contribution in [-0.4, -0.2) is 32.2 Å². The van der Waals surface area contributed by atoms with E-state index < -0.39 is 5.82 Å². The van der Waals surface area contributed by atoms with Gasteiger partial charge in [-0.15, -0.1) is 0 Å². The van der Waals surface area contributed by atoms with E-state index in [1.54, 1.807) is 36.5 Å². The Morgan fingerprint density at radius 1 is 1.03 bits per heavy atom. The number of ether oxygens (including phenoxy) is 1. The van der Waals surface area contributed by atoms with Crippen molar-refractivity contribution in [3.05, 3.63) is 54.5 Å². The number of nitrogens with two attached hydrogens (primary N) is 2. The molecule has 0 aliphatic heterocycles. The van der Waals surface area contributed by atoms with Gasteiger partial charge in [0, 0.05) is 41.4 Å². The first kappa shape index (κ1) is 21.0. The highest BCUT2D eigenvalue weighted by atomic mass is 19.1. The molecule has 9 nitrogen and oxygen atoms in total. The Labute approximate surface area is 189 Å². The molecule has 7 N–H and O–H groups in total. The molecule has 0 amide bonds. The molecule has 170 valence electrons. The van der Waals surface area contributed by atoms with Crippen LogP contribution in [-0.2, 0) is 0 Å². The lowest BCUT2D eigenvalue weighted by molar-refractivity contribution is 0.403. The Morgan fingerprint density at radius 2 is 1.88 bits per heavy atom. The van der Waals surface area contributed by atoms with E-state index in [1.165, 1.54) is 6.07 Å². The molecule has 10 heteroatoms. The minimum Gasteiger partial charge on any atom is -0.454 e. The van der Waals surface area contributed by atoms with Crippen molar-refractivity contribution in [2.45, 2.75) is 37.8 Å². The first-order valence-corrected chi connectivity index (χ1v) is 10.9. The zero-order chi connectivity index (χ0) is 22.8. The van der Waals surface area contributed by atoms with Crippen LogP contribution >= 0.6 is 0 Å². The van der Waals surface area contributed by atoms with Crippen molar-refractivity contribution in [2.24, 2.45) is 5.73 Å². The Balaban J connectivity index is 1.30. The topological polar surface area (TPSA) is 140 Å². The van der Waals surface area contributed by atoms with E-state index in [0.717, 1.165) is 36.6 Å². The van der Waals surface area contributed by atoms with Crippen LogP contribution in [0.5, 0.6) is 11.5 Å². The van der Waals surface area contributed by atoms with Gasteiger partial charge in [0.25, 0.3) is 0 Å². The number of nitrogens with zero attached hydrogens (tertiary/aromatic N) is 3. The van der Waals surface area contributed by atoms with Crippen molar-refractivity contribution in [1.29, 1.82) is 0 Å². The molecule has 0 unspecified atom stereocenters. The molecule has 1 saturated carbocycles. The Kier molecular flexibility index (Phi) is 5.66. The number of fused-ring (bicyclic) bond motifs is 1. The predicted octanol–water partition coefficient (Wildman–Crippen LogP) is 4.29. The van der Waals surface area contributed by atoms with Crippen LogP contribution in [0.3, 0.4) is 0 Å². The summed E-state index contributed by atoms with van der Waals surface area (Å²) in [5, 5.41) is 14.2. The van der Waals surface area contributed by atoms with Crippen LogP contribution in [0.4, 0.5) is 27.7 Å². The van der Waals surface area contributed by atoms with E-state index in [9.17, 15) is 4.39 Å². The summed E-state index contributed by atoms with van der Waals surface area (Å²) in [5.41, 5.74) is 13.4. The molecule has 0 spiro atoms. The van der Waals surface area contributed by atoms with E-state index in [1.807, 2.05) is 6.07 Å². The molecule has 1 fully saturated rings. The second-order valence-corrected chi connectivity index (χ2v) is 8.19. The number of aromatic amines is 1. The SMILES string of the molecule is Nc1nc(Nc2ccc(Oc3ccc4cn[nH]c4c3)c(F)c2)cc(N[C@@H]2CCCC[C@H]2N)n1. The van der Waals surface area contributed by atoms with E-state index in [-0.39, 0.29) is 23.8 Å². The largest absolute Gasteiger partial charge is 0.454 e. The molecule has 2 aromatic heterocycles. The summed E-state index contributed by atoms with van der Waals surface area (Å²) in [6.45, 7) is 0. The molecule has 33 heavy (non-hydrogen) atoms. The highest BCUT2D eigenvalue weighted by Crippen LogP contribution is 2.30. The Bertz CT molecular complexity index is 1280. The normalized spacial score (nSPS) is 18.2. The predicted molar refractivity (Wildman–Crippen MR) is 126 cm³/mol. The van der Waals surface area contributed by atoms with Gasteiger partial charge in [0.2, 0.25) is 5.95 Å². The monoisotopic (exact) mass is 448 g/mol. The standard InChI is InChI=1S/C23H25FN8O/c24-16-9-14(6-8-20(16)33-15-7-5-13-12-27-32-19(13)10-15)28-21-11-22(31-23(26)30-21)29-18-4-2-1-3-17(18)25/h5-12,17-18H,1-4,25H2,(H,27,32)(H4,26,28,29,30,31)/t17-,18-/m1/s1. The minimum atomic E-state index is -0.515. The molecular formula is C23H25FN8O. The van der Waals surface area contributed by atoms with E-state index in [2.05, 4.69) is 30.8 Å². The van der Waals surface area contributed by atoms with Crippen molar-refractivity contribution >= 4 is 34.2 Å². The van der Waals surface area contributed by atoms with Gasteiger partial charge in [0.05, 0.1) is 11.7 Å². The highest BCUT2D eigenvalue weighted by molar-refractivity contribution is 5.79. The van der Waals surface area contributed by atoms with Gasteiger partial charge in [-0.05, 0) is 37.1 Å². The summed E-state index contributed by atoms with van der Waals surface area (Å²) in [4.78, 5) is 8.47. The Morgan fingerprint density at radius 3 is 2.73 bits per heavy atom. The van der Waals surface area contributed by atoms with E-state index >= 15 is 0 Å². The second kappa shape index (κ2) is 8.91. The smallest absolute Gasteiger partial charge is 0.223 e. The van der Waals surface area contributed by atoms with Gasteiger partial charge in [-0.3, -0.25) is 5.10 Å². The van der Waals surface area contributed by atoms with Gasteiger partial charge in [-0.1, -0.05) is 12.8 Å². The molecule has 0 bridgehead atoms. The van der Waals surface area contributed by atoms with E-state index in [4.69, 9.17) is 16.2 Å². The molecule has 5 rings (SSSR count). The average molecular weight is 449 g/mol. The van der Waals surface area contributed by atoms with Gasteiger partial charge in [-0.25, -0.2) is 4.39 Å².